The summed E-state index contributed by atoms with van der Waals surface area (Å²) in [4.78, 5) is 14.4. The van der Waals surface area contributed by atoms with Crippen LogP contribution in [0.1, 0.15) is 25.3 Å². The fourth-order valence-corrected chi connectivity index (χ4v) is 3.32. The summed E-state index contributed by atoms with van der Waals surface area (Å²) in [5.74, 6) is 1.59. The second kappa shape index (κ2) is 9.42. The van der Waals surface area contributed by atoms with Gasteiger partial charge in [-0.3, -0.25) is 4.79 Å². The monoisotopic (exact) mass is 368 g/mol. The van der Waals surface area contributed by atoms with Crippen LogP contribution in [-0.4, -0.2) is 36.5 Å². The third-order valence-electron chi connectivity index (χ3n) is 4.99. The predicted molar refractivity (Wildman–Crippen MR) is 106 cm³/mol. The molecule has 1 amide bonds. The van der Waals surface area contributed by atoms with E-state index in [9.17, 15) is 4.79 Å². The lowest BCUT2D eigenvalue weighted by Gasteiger charge is -2.34. The maximum absolute atomic E-state index is 12.5. The molecule has 1 heterocycles. The van der Waals surface area contributed by atoms with Crippen molar-refractivity contribution in [1.29, 1.82) is 0 Å². The number of piperidine rings is 1. The van der Waals surface area contributed by atoms with Gasteiger partial charge in [-0.25, -0.2) is 0 Å². The highest BCUT2D eigenvalue weighted by atomic mass is 16.5. The molecule has 1 saturated heterocycles. The molecule has 1 aliphatic heterocycles. The minimum absolute atomic E-state index is 0.00166. The number of carbonyl (C=O) groups excluding carboxylic acids is 1. The van der Waals surface area contributed by atoms with E-state index in [1.165, 1.54) is 0 Å². The highest BCUT2D eigenvalue weighted by molar-refractivity contribution is 5.78. The molecule has 1 aliphatic rings. The van der Waals surface area contributed by atoms with Gasteiger partial charge in [0, 0.05) is 19.1 Å². The van der Waals surface area contributed by atoms with Crippen LogP contribution in [0, 0.1) is 5.92 Å². The number of carbonyl (C=O) groups is 1. The number of nitrogens with zero attached hydrogens (tertiary/aromatic N) is 1. The van der Waals surface area contributed by atoms with Crippen molar-refractivity contribution in [2.45, 2.75) is 32.4 Å². The average molecular weight is 368 g/mol. The normalized spacial score (nSPS) is 18.0. The SMILES string of the molecule is CC(N)C1CCCN(C(=O)COc2ccccc2OCc2ccccc2)C1. The lowest BCUT2D eigenvalue weighted by molar-refractivity contribution is -0.135. The first-order valence-corrected chi connectivity index (χ1v) is 9.55. The molecular weight excluding hydrogens is 340 g/mol. The molecule has 0 aliphatic carbocycles. The molecule has 2 atom stereocenters. The van der Waals surface area contributed by atoms with Crippen LogP contribution in [0.5, 0.6) is 11.5 Å². The Morgan fingerprint density at radius 3 is 2.48 bits per heavy atom. The summed E-state index contributed by atoms with van der Waals surface area (Å²) in [6.07, 6.45) is 2.08. The van der Waals surface area contributed by atoms with Crippen LogP contribution >= 0.6 is 0 Å². The van der Waals surface area contributed by atoms with Crippen LogP contribution in [0.3, 0.4) is 0 Å². The molecule has 144 valence electrons. The van der Waals surface area contributed by atoms with Crippen LogP contribution in [-0.2, 0) is 11.4 Å². The average Bonchev–Trinajstić information content (AvgIpc) is 2.72. The first-order chi connectivity index (χ1) is 13.1. The van der Waals surface area contributed by atoms with Crippen molar-refractivity contribution in [3.63, 3.8) is 0 Å². The third kappa shape index (κ3) is 5.47. The van der Waals surface area contributed by atoms with Crippen LogP contribution in [0.2, 0.25) is 0 Å². The van der Waals surface area contributed by atoms with E-state index < -0.39 is 0 Å². The number of likely N-dealkylation sites (tertiary alicyclic amines) is 1. The number of rotatable bonds is 7. The van der Waals surface area contributed by atoms with Gasteiger partial charge >= 0.3 is 0 Å². The van der Waals surface area contributed by atoms with Gasteiger partial charge in [-0.05, 0) is 43.4 Å². The molecule has 2 aromatic rings. The van der Waals surface area contributed by atoms with E-state index in [0.717, 1.165) is 24.9 Å². The van der Waals surface area contributed by atoms with Crippen molar-refractivity contribution in [1.82, 2.24) is 4.90 Å². The van der Waals surface area contributed by atoms with Gasteiger partial charge in [0.05, 0.1) is 0 Å². The van der Waals surface area contributed by atoms with Crippen LogP contribution in [0.4, 0.5) is 0 Å². The van der Waals surface area contributed by atoms with Gasteiger partial charge in [0.1, 0.15) is 6.61 Å². The second-order valence-electron chi connectivity index (χ2n) is 7.11. The van der Waals surface area contributed by atoms with Gasteiger partial charge in [-0.2, -0.15) is 0 Å². The van der Waals surface area contributed by atoms with Crippen molar-refractivity contribution >= 4 is 5.91 Å². The largest absolute Gasteiger partial charge is 0.485 e. The zero-order valence-corrected chi connectivity index (χ0v) is 15.8. The van der Waals surface area contributed by atoms with Crippen LogP contribution < -0.4 is 15.2 Å². The Bertz CT molecular complexity index is 733. The van der Waals surface area contributed by atoms with Crippen molar-refractivity contribution < 1.29 is 14.3 Å². The van der Waals surface area contributed by atoms with Crippen LogP contribution in [0.15, 0.2) is 54.6 Å². The molecule has 0 saturated carbocycles. The molecule has 0 spiro atoms. The molecule has 0 aromatic heterocycles. The Morgan fingerprint density at radius 2 is 1.78 bits per heavy atom. The molecular formula is C22H28N2O3. The summed E-state index contributed by atoms with van der Waals surface area (Å²) < 4.78 is 11.7. The minimum Gasteiger partial charge on any atom is -0.485 e. The van der Waals surface area contributed by atoms with Crippen molar-refractivity contribution in [3.8, 4) is 11.5 Å². The van der Waals surface area contributed by atoms with E-state index in [2.05, 4.69) is 0 Å². The number of para-hydroxylation sites is 2. The van der Waals surface area contributed by atoms with Gasteiger partial charge < -0.3 is 20.1 Å². The quantitative estimate of drug-likeness (QED) is 0.815. The molecule has 3 rings (SSSR count). The number of nitrogens with two attached hydrogens (primary N) is 1. The summed E-state index contributed by atoms with van der Waals surface area (Å²) in [6, 6.07) is 17.5. The molecule has 5 nitrogen and oxygen atoms in total. The molecule has 5 heteroatoms. The van der Waals surface area contributed by atoms with E-state index in [1.54, 1.807) is 0 Å². The fraction of sp³-hybridized carbons (Fsp3) is 0.409. The van der Waals surface area contributed by atoms with E-state index >= 15 is 0 Å². The molecule has 2 aromatic carbocycles. The summed E-state index contributed by atoms with van der Waals surface area (Å²) in [7, 11) is 0. The smallest absolute Gasteiger partial charge is 0.260 e. The molecule has 2 unspecified atom stereocenters. The van der Waals surface area contributed by atoms with Crippen molar-refractivity contribution in [3.05, 3.63) is 60.2 Å². The van der Waals surface area contributed by atoms with Crippen LogP contribution in [0.25, 0.3) is 0 Å². The Morgan fingerprint density at radius 1 is 1.11 bits per heavy atom. The van der Waals surface area contributed by atoms with Gasteiger partial charge in [0.15, 0.2) is 18.1 Å². The van der Waals surface area contributed by atoms with E-state index in [-0.39, 0.29) is 18.6 Å². The molecule has 1 fully saturated rings. The Labute approximate surface area is 161 Å². The second-order valence-corrected chi connectivity index (χ2v) is 7.11. The standard InChI is InChI=1S/C22H28N2O3/c1-17(23)19-10-7-13-24(14-19)22(25)16-27-21-12-6-5-11-20(21)26-15-18-8-3-2-4-9-18/h2-6,8-9,11-12,17,19H,7,10,13-16,23H2,1H3. The lowest BCUT2D eigenvalue weighted by Crippen LogP contribution is -2.46. The summed E-state index contributed by atoms with van der Waals surface area (Å²) in [5, 5.41) is 0. The highest BCUT2D eigenvalue weighted by Crippen LogP contribution is 2.27. The summed E-state index contributed by atoms with van der Waals surface area (Å²) in [6.45, 7) is 3.97. The summed E-state index contributed by atoms with van der Waals surface area (Å²) >= 11 is 0. The Hall–Kier alpha value is -2.53. The van der Waals surface area contributed by atoms with Gasteiger partial charge in [0.2, 0.25) is 0 Å². The third-order valence-corrected chi connectivity index (χ3v) is 4.99. The number of amides is 1. The zero-order chi connectivity index (χ0) is 19.1. The number of benzene rings is 2. The molecule has 0 bridgehead atoms. The maximum Gasteiger partial charge on any atom is 0.260 e. The molecule has 0 radical (unpaired) electrons. The highest BCUT2D eigenvalue weighted by Gasteiger charge is 2.26. The minimum atomic E-state index is -0.00166. The topological polar surface area (TPSA) is 64.8 Å². The number of hydrogen-bond acceptors (Lipinski definition) is 4. The Balaban J connectivity index is 1.55. The number of ether oxygens (including phenoxy) is 2. The first-order valence-electron chi connectivity index (χ1n) is 9.55. The summed E-state index contributed by atoms with van der Waals surface area (Å²) in [5.41, 5.74) is 7.09. The van der Waals surface area contributed by atoms with Gasteiger partial charge in [-0.1, -0.05) is 42.5 Å². The predicted octanol–water partition coefficient (Wildman–Crippen LogP) is 3.23. The first kappa shape index (κ1) is 19.2. The van der Waals surface area contributed by atoms with Gasteiger partial charge in [0.25, 0.3) is 5.91 Å². The van der Waals surface area contributed by atoms with Gasteiger partial charge in [-0.15, -0.1) is 0 Å². The van der Waals surface area contributed by atoms with Crippen molar-refractivity contribution in [2.75, 3.05) is 19.7 Å². The van der Waals surface area contributed by atoms with E-state index in [0.29, 0.717) is 30.6 Å². The number of hydrogen-bond donors (Lipinski definition) is 1. The van der Waals surface area contributed by atoms with E-state index in [1.807, 2.05) is 66.4 Å². The fourth-order valence-electron chi connectivity index (χ4n) is 3.32. The Kier molecular flexibility index (Phi) is 6.71. The molecule has 27 heavy (non-hydrogen) atoms. The lowest BCUT2D eigenvalue weighted by atomic mass is 9.92. The van der Waals surface area contributed by atoms with Crippen molar-refractivity contribution in [2.24, 2.45) is 11.7 Å². The molecule has 2 N–H and O–H groups in total. The maximum atomic E-state index is 12.5. The zero-order valence-electron chi connectivity index (χ0n) is 15.8. The van der Waals surface area contributed by atoms with E-state index in [4.69, 9.17) is 15.2 Å².